The summed E-state index contributed by atoms with van der Waals surface area (Å²) in [5.74, 6) is 6.12. The van der Waals surface area contributed by atoms with Crippen molar-refractivity contribution in [2.75, 3.05) is 6.61 Å². The number of fused-ring (bicyclic) bond motifs is 1. The van der Waals surface area contributed by atoms with Gasteiger partial charge in [0.05, 0.1) is 5.92 Å². The minimum absolute atomic E-state index is 0.0510. The first-order valence-corrected chi connectivity index (χ1v) is 15.2. The van der Waals surface area contributed by atoms with Gasteiger partial charge >= 0.3 is 5.97 Å². The number of ether oxygens (including phenoxy) is 2. The largest absolute Gasteiger partial charge is 0.490 e. The fraction of sp³-hybridized carbons (Fsp3) is 0.727. The summed E-state index contributed by atoms with van der Waals surface area (Å²) in [6.07, 6.45) is 23.6. The fourth-order valence-electron chi connectivity index (χ4n) is 7.53. The number of hydrogen-bond acceptors (Lipinski definition) is 3. The topological polar surface area (TPSA) is 35.5 Å². The van der Waals surface area contributed by atoms with E-state index < -0.39 is 0 Å². The number of rotatable bonds is 12. The maximum Gasteiger partial charge on any atom is 0.314 e. The van der Waals surface area contributed by atoms with Crippen LogP contribution in [0.2, 0.25) is 0 Å². The van der Waals surface area contributed by atoms with Gasteiger partial charge in [0, 0.05) is 0 Å². The molecule has 3 heteroatoms. The second-order valence-corrected chi connectivity index (χ2v) is 12.1. The van der Waals surface area contributed by atoms with Crippen LogP contribution in [-0.2, 0) is 4.79 Å². The second kappa shape index (κ2) is 14.2. The summed E-state index contributed by atoms with van der Waals surface area (Å²) in [7, 11) is 0. The summed E-state index contributed by atoms with van der Waals surface area (Å²) in [5.41, 5.74) is 0. The Morgan fingerprint density at radius 2 is 1.42 bits per heavy atom. The van der Waals surface area contributed by atoms with Gasteiger partial charge < -0.3 is 9.47 Å². The molecule has 4 rings (SSSR count). The molecule has 0 N–H and O–H groups in total. The quantitative estimate of drug-likeness (QED) is 0.126. The van der Waals surface area contributed by atoms with Gasteiger partial charge in [0.1, 0.15) is 18.1 Å². The Morgan fingerprint density at radius 1 is 0.806 bits per heavy atom. The molecule has 0 amide bonds. The third kappa shape index (κ3) is 7.86. The average Bonchev–Trinajstić information content (AvgIpc) is 2.92. The van der Waals surface area contributed by atoms with Crippen molar-refractivity contribution in [3.63, 3.8) is 0 Å². The molecule has 3 nitrogen and oxygen atoms in total. The Labute approximate surface area is 220 Å². The Kier molecular flexibility index (Phi) is 10.8. The van der Waals surface area contributed by atoms with E-state index in [4.69, 9.17) is 9.47 Å². The lowest BCUT2D eigenvalue weighted by atomic mass is 9.60. The van der Waals surface area contributed by atoms with E-state index >= 15 is 0 Å². The molecule has 0 heterocycles. The Balaban J connectivity index is 1.15. The zero-order valence-corrected chi connectivity index (χ0v) is 22.8. The summed E-state index contributed by atoms with van der Waals surface area (Å²) >= 11 is 0. The number of unbranched alkanes of at least 4 members (excludes halogenated alkanes) is 4. The van der Waals surface area contributed by atoms with Crippen molar-refractivity contribution in [2.45, 2.75) is 110 Å². The first-order valence-electron chi connectivity index (χ1n) is 15.2. The van der Waals surface area contributed by atoms with Gasteiger partial charge in [0.2, 0.25) is 0 Å². The molecule has 3 fully saturated rings. The van der Waals surface area contributed by atoms with Crippen molar-refractivity contribution in [2.24, 2.45) is 35.5 Å². The minimum atomic E-state index is -0.0510. The molecular formula is C33H50O3. The number of hydrogen-bond donors (Lipinski definition) is 0. The van der Waals surface area contributed by atoms with Crippen molar-refractivity contribution < 1.29 is 14.3 Å². The van der Waals surface area contributed by atoms with E-state index in [-0.39, 0.29) is 11.9 Å². The van der Waals surface area contributed by atoms with Crippen molar-refractivity contribution >= 4 is 5.97 Å². The number of esters is 1. The van der Waals surface area contributed by atoms with E-state index in [2.05, 4.69) is 13.5 Å². The zero-order chi connectivity index (χ0) is 25.2. The molecule has 0 spiro atoms. The van der Waals surface area contributed by atoms with Crippen LogP contribution in [0, 0.1) is 35.5 Å². The van der Waals surface area contributed by atoms with Gasteiger partial charge in [-0.25, -0.2) is 0 Å². The highest BCUT2D eigenvalue weighted by molar-refractivity contribution is 5.75. The average molecular weight is 495 g/mol. The lowest BCUT2D eigenvalue weighted by Gasteiger charge is -2.45. The summed E-state index contributed by atoms with van der Waals surface area (Å²) in [5, 5.41) is 0. The molecule has 0 radical (unpaired) electrons. The van der Waals surface area contributed by atoms with Crippen LogP contribution < -0.4 is 9.47 Å². The standard InChI is InChI=1S/C33H50O3/c1-3-5-6-7-8-9-25-10-11-30-24-29(17-16-28(30)23-25)26-12-14-27(15-13-26)33(34)36-32-20-18-31(19-21-32)35-22-4-2/h4,18-21,25-30H,2-3,5-17,22-24H2,1H3. The molecule has 3 saturated carbocycles. The van der Waals surface area contributed by atoms with Gasteiger partial charge in [-0.1, -0.05) is 64.5 Å². The molecule has 36 heavy (non-hydrogen) atoms. The number of benzene rings is 1. The smallest absolute Gasteiger partial charge is 0.314 e. The highest BCUT2D eigenvalue weighted by Crippen LogP contribution is 2.49. The highest BCUT2D eigenvalue weighted by Gasteiger charge is 2.39. The van der Waals surface area contributed by atoms with Crippen molar-refractivity contribution in [1.82, 2.24) is 0 Å². The molecule has 4 unspecified atom stereocenters. The van der Waals surface area contributed by atoms with Crippen molar-refractivity contribution in [3.8, 4) is 11.5 Å². The Bertz CT molecular complexity index is 792. The third-order valence-corrected chi connectivity index (χ3v) is 9.66. The maximum atomic E-state index is 12.8. The van der Waals surface area contributed by atoms with E-state index in [1.165, 1.54) is 89.9 Å². The molecular weight excluding hydrogens is 444 g/mol. The summed E-state index contributed by atoms with van der Waals surface area (Å²) < 4.78 is 11.2. The zero-order valence-electron chi connectivity index (χ0n) is 22.8. The first-order chi connectivity index (χ1) is 17.7. The van der Waals surface area contributed by atoms with Crippen LogP contribution in [0.15, 0.2) is 36.9 Å². The Hall–Kier alpha value is -1.77. The van der Waals surface area contributed by atoms with Gasteiger partial charge in [-0.2, -0.15) is 0 Å². The highest BCUT2D eigenvalue weighted by atomic mass is 16.5. The SMILES string of the molecule is C=CCOc1ccc(OC(=O)C2CCC(C3CCC4CC(CCCCCCC)CCC4C3)CC2)cc1. The molecule has 0 aromatic heterocycles. The Morgan fingerprint density at radius 3 is 2.14 bits per heavy atom. The predicted molar refractivity (Wildman–Crippen MR) is 148 cm³/mol. The van der Waals surface area contributed by atoms with E-state index in [9.17, 15) is 4.79 Å². The molecule has 200 valence electrons. The van der Waals surface area contributed by atoms with Crippen LogP contribution in [-0.4, -0.2) is 12.6 Å². The normalized spacial score (nSPS) is 30.2. The van der Waals surface area contributed by atoms with E-state index in [1.54, 1.807) is 6.08 Å². The van der Waals surface area contributed by atoms with Gasteiger partial charge in [-0.05, 0) is 112 Å². The van der Waals surface area contributed by atoms with Crippen LogP contribution in [0.5, 0.6) is 11.5 Å². The van der Waals surface area contributed by atoms with Crippen LogP contribution >= 0.6 is 0 Å². The van der Waals surface area contributed by atoms with E-state index in [1.807, 2.05) is 24.3 Å². The molecule has 0 saturated heterocycles. The number of carbonyl (C=O) groups is 1. The van der Waals surface area contributed by atoms with Gasteiger partial charge in [0.15, 0.2) is 0 Å². The minimum Gasteiger partial charge on any atom is -0.490 e. The van der Waals surface area contributed by atoms with Crippen molar-refractivity contribution in [3.05, 3.63) is 36.9 Å². The van der Waals surface area contributed by atoms with Gasteiger partial charge in [-0.15, -0.1) is 0 Å². The predicted octanol–water partition coefficient (Wildman–Crippen LogP) is 9.16. The second-order valence-electron chi connectivity index (χ2n) is 12.1. The summed E-state index contributed by atoms with van der Waals surface area (Å²) in [4.78, 5) is 12.8. The molecule has 1 aromatic carbocycles. The van der Waals surface area contributed by atoms with Crippen LogP contribution in [0.4, 0.5) is 0 Å². The molecule has 4 atom stereocenters. The van der Waals surface area contributed by atoms with Crippen LogP contribution in [0.3, 0.4) is 0 Å². The molecule has 1 aromatic rings. The van der Waals surface area contributed by atoms with Gasteiger partial charge in [-0.3, -0.25) is 4.79 Å². The molecule has 0 aliphatic heterocycles. The molecule has 3 aliphatic rings. The summed E-state index contributed by atoms with van der Waals surface area (Å²) in [6.45, 7) is 6.44. The lowest BCUT2D eigenvalue weighted by molar-refractivity contribution is -0.140. The van der Waals surface area contributed by atoms with Crippen molar-refractivity contribution in [1.29, 1.82) is 0 Å². The summed E-state index contributed by atoms with van der Waals surface area (Å²) in [6, 6.07) is 7.34. The van der Waals surface area contributed by atoms with Crippen LogP contribution in [0.25, 0.3) is 0 Å². The van der Waals surface area contributed by atoms with E-state index in [0.717, 1.165) is 48.2 Å². The molecule has 3 aliphatic carbocycles. The van der Waals surface area contributed by atoms with Crippen LogP contribution in [0.1, 0.15) is 110 Å². The van der Waals surface area contributed by atoms with E-state index in [0.29, 0.717) is 12.4 Å². The van der Waals surface area contributed by atoms with Gasteiger partial charge in [0.25, 0.3) is 0 Å². The fourth-order valence-corrected chi connectivity index (χ4v) is 7.53. The lowest BCUT2D eigenvalue weighted by Crippen LogP contribution is -2.35. The molecule has 0 bridgehead atoms. The number of carbonyl (C=O) groups excluding carboxylic acids is 1. The third-order valence-electron chi connectivity index (χ3n) is 9.66. The monoisotopic (exact) mass is 494 g/mol. The first kappa shape index (κ1) is 27.3. The maximum absolute atomic E-state index is 12.8.